The van der Waals surface area contributed by atoms with Crippen LogP contribution in [0.25, 0.3) is 0 Å². The van der Waals surface area contributed by atoms with Crippen molar-refractivity contribution in [2.45, 2.75) is 18.9 Å². The number of nitrogens with zero attached hydrogens (tertiary/aromatic N) is 1. The summed E-state index contributed by atoms with van der Waals surface area (Å²) in [4.78, 5) is 33.4. The smallest absolute Gasteiger partial charge is 0.305 e. The van der Waals surface area contributed by atoms with Gasteiger partial charge in [0.15, 0.2) is 0 Å². The van der Waals surface area contributed by atoms with E-state index < -0.39 is 28.4 Å². The van der Waals surface area contributed by atoms with Crippen molar-refractivity contribution in [3.05, 3.63) is 39.7 Å². The summed E-state index contributed by atoms with van der Waals surface area (Å²) >= 11 is 0. The predicted molar refractivity (Wildman–Crippen MR) is 76.8 cm³/mol. The van der Waals surface area contributed by atoms with Crippen molar-refractivity contribution in [2.24, 2.45) is 11.7 Å². The molecule has 0 unspecified atom stereocenters. The third kappa shape index (κ3) is 4.22. The van der Waals surface area contributed by atoms with Gasteiger partial charge in [0.2, 0.25) is 17.6 Å². The molecule has 1 saturated heterocycles. The number of nitrogens with one attached hydrogen (secondary N) is 1. The van der Waals surface area contributed by atoms with E-state index in [-0.39, 0.29) is 24.9 Å². The Balaban J connectivity index is 2.10. The quantitative estimate of drug-likeness (QED) is 0.574. The lowest BCUT2D eigenvalue weighted by atomic mass is 10.0. The molecule has 3 N–H and O–H groups in total. The van der Waals surface area contributed by atoms with Crippen LogP contribution in [0.3, 0.4) is 0 Å². The highest BCUT2D eigenvalue weighted by Crippen LogP contribution is 2.20. The summed E-state index contributed by atoms with van der Waals surface area (Å²) in [6.07, 6.45) is 0.495. The normalized spacial score (nSPS) is 18.4. The zero-order valence-corrected chi connectivity index (χ0v) is 12.2. The Kier molecular flexibility index (Phi) is 5.22. The number of amides is 2. The van der Waals surface area contributed by atoms with Crippen molar-refractivity contribution in [1.29, 1.82) is 0 Å². The molecule has 124 valence electrons. The average Bonchev–Trinajstić information content (AvgIpc) is 3.02. The molecule has 0 aromatic heterocycles. The summed E-state index contributed by atoms with van der Waals surface area (Å²) in [5, 5.41) is 13.2. The van der Waals surface area contributed by atoms with Crippen LogP contribution in [-0.2, 0) is 20.7 Å². The molecule has 9 heteroatoms. The van der Waals surface area contributed by atoms with Crippen molar-refractivity contribution in [1.82, 2.24) is 5.32 Å². The second kappa shape index (κ2) is 7.14. The fourth-order valence-corrected chi connectivity index (χ4v) is 2.31. The van der Waals surface area contributed by atoms with Gasteiger partial charge in [0.05, 0.1) is 17.4 Å². The van der Waals surface area contributed by atoms with E-state index in [2.05, 4.69) is 5.32 Å². The maximum absolute atomic E-state index is 13.3. The molecule has 1 aliphatic heterocycles. The van der Waals surface area contributed by atoms with Gasteiger partial charge in [-0.15, -0.1) is 0 Å². The maximum Gasteiger partial charge on any atom is 0.305 e. The minimum Gasteiger partial charge on any atom is -0.381 e. The van der Waals surface area contributed by atoms with Gasteiger partial charge >= 0.3 is 5.69 Å². The van der Waals surface area contributed by atoms with Crippen LogP contribution in [0.1, 0.15) is 12.0 Å². The van der Waals surface area contributed by atoms with Crippen molar-refractivity contribution < 1.29 is 23.6 Å². The lowest BCUT2D eigenvalue weighted by Crippen LogP contribution is -2.48. The van der Waals surface area contributed by atoms with Crippen LogP contribution in [0.2, 0.25) is 0 Å². The van der Waals surface area contributed by atoms with Crippen LogP contribution >= 0.6 is 0 Å². The zero-order valence-electron chi connectivity index (χ0n) is 12.2. The van der Waals surface area contributed by atoms with Gasteiger partial charge in [-0.05, 0) is 18.1 Å². The number of ether oxygens (including phenoxy) is 1. The number of nitro groups is 1. The molecular weight excluding hydrogens is 309 g/mol. The van der Waals surface area contributed by atoms with Crippen molar-refractivity contribution in [2.75, 3.05) is 13.2 Å². The van der Waals surface area contributed by atoms with Crippen molar-refractivity contribution >= 4 is 17.5 Å². The van der Waals surface area contributed by atoms with Gasteiger partial charge in [-0.3, -0.25) is 19.7 Å². The number of halogens is 1. The SMILES string of the molecule is NC(=O)[C@@H](Cc1ccc(F)c([N+](=O)[O-])c1)NC(=O)[C@@H]1CCOC1. The molecule has 0 saturated carbocycles. The predicted octanol–water partition coefficient (Wildman–Crippen LogP) is 0.283. The number of hydrogen-bond acceptors (Lipinski definition) is 5. The van der Waals surface area contributed by atoms with E-state index in [4.69, 9.17) is 10.5 Å². The van der Waals surface area contributed by atoms with Crippen LogP contribution in [0, 0.1) is 21.8 Å². The fourth-order valence-electron chi connectivity index (χ4n) is 2.31. The highest BCUT2D eigenvalue weighted by atomic mass is 19.1. The van der Waals surface area contributed by atoms with Crippen LogP contribution in [0.15, 0.2) is 18.2 Å². The molecule has 0 spiro atoms. The van der Waals surface area contributed by atoms with Crippen LogP contribution in [0.4, 0.5) is 10.1 Å². The highest BCUT2D eigenvalue weighted by Gasteiger charge is 2.28. The summed E-state index contributed by atoms with van der Waals surface area (Å²) in [6, 6.07) is 2.24. The molecule has 1 aromatic carbocycles. The van der Waals surface area contributed by atoms with E-state index in [0.717, 1.165) is 12.1 Å². The van der Waals surface area contributed by atoms with E-state index in [1.54, 1.807) is 0 Å². The Bertz CT molecular complexity index is 631. The van der Waals surface area contributed by atoms with Gasteiger partial charge in [0.25, 0.3) is 0 Å². The Morgan fingerprint density at radius 2 is 2.26 bits per heavy atom. The molecule has 0 bridgehead atoms. The van der Waals surface area contributed by atoms with Gasteiger partial charge in [-0.2, -0.15) is 4.39 Å². The van der Waals surface area contributed by atoms with E-state index in [1.807, 2.05) is 0 Å². The first-order valence-corrected chi connectivity index (χ1v) is 6.98. The van der Waals surface area contributed by atoms with Gasteiger partial charge in [-0.1, -0.05) is 6.07 Å². The minimum atomic E-state index is -1.03. The van der Waals surface area contributed by atoms with Crippen LogP contribution < -0.4 is 11.1 Å². The zero-order chi connectivity index (χ0) is 17.0. The summed E-state index contributed by atoms with van der Waals surface area (Å²) < 4.78 is 18.4. The Morgan fingerprint density at radius 3 is 2.83 bits per heavy atom. The first-order valence-electron chi connectivity index (χ1n) is 6.98. The number of carbonyl (C=O) groups excluding carboxylic acids is 2. The van der Waals surface area contributed by atoms with Gasteiger partial charge < -0.3 is 15.8 Å². The molecule has 2 rings (SSSR count). The number of nitro benzene ring substituents is 1. The second-order valence-corrected chi connectivity index (χ2v) is 5.27. The number of rotatable bonds is 6. The van der Waals surface area contributed by atoms with Crippen molar-refractivity contribution in [3.8, 4) is 0 Å². The molecule has 2 amide bonds. The molecule has 0 radical (unpaired) electrons. The minimum absolute atomic E-state index is 0.0598. The third-order valence-corrected chi connectivity index (χ3v) is 3.61. The van der Waals surface area contributed by atoms with Gasteiger partial charge in [-0.25, -0.2) is 0 Å². The molecule has 1 aliphatic rings. The van der Waals surface area contributed by atoms with E-state index >= 15 is 0 Å². The number of benzene rings is 1. The van der Waals surface area contributed by atoms with E-state index in [9.17, 15) is 24.1 Å². The summed E-state index contributed by atoms with van der Waals surface area (Å²) in [7, 11) is 0. The molecule has 8 nitrogen and oxygen atoms in total. The first kappa shape index (κ1) is 16.8. The molecule has 1 aromatic rings. The second-order valence-electron chi connectivity index (χ2n) is 5.27. The number of primary amides is 1. The van der Waals surface area contributed by atoms with Crippen LogP contribution in [-0.4, -0.2) is 36.0 Å². The molecular formula is C14H16FN3O5. The Labute approximate surface area is 130 Å². The fraction of sp³-hybridized carbons (Fsp3) is 0.429. The number of hydrogen-bond donors (Lipinski definition) is 2. The lowest BCUT2D eigenvalue weighted by Gasteiger charge is -2.17. The average molecular weight is 325 g/mol. The van der Waals surface area contributed by atoms with Crippen molar-refractivity contribution in [3.63, 3.8) is 0 Å². The monoisotopic (exact) mass is 325 g/mol. The van der Waals surface area contributed by atoms with Crippen LogP contribution in [0.5, 0.6) is 0 Å². The van der Waals surface area contributed by atoms with Gasteiger partial charge in [0.1, 0.15) is 6.04 Å². The van der Waals surface area contributed by atoms with Gasteiger partial charge in [0, 0.05) is 19.1 Å². The third-order valence-electron chi connectivity index (χ3n) is 3.61. The Hall–Kier alpha value is -2.55. The standard InChI is InChI=1S/C14H16FN3O5/c15-10-2-1-8(6-12(10)18(21)22)5-11(13(16)19)17-14(20)9-3-4-23-7-9/h1-2,6,9,11H,3-5,7H2,(H2,16,19)(H,17,20)/t9-,11-/m1/s1. The number of nitrogens with two attached hydrogens (primary N) is 1. The molecule has 1 heterocycles. The highest BCUT2D eigenvalue weighted by molar-refractivity contribution is 5.88. The molecule has 1 fully saturated rings. The molecule has 2 atom stereocenters. The molecule has 0 aliphatic carbocycles. The summed E-state index contributed by atoms with van der Waals surface area (Å²) in [5.41, 5.74) is 4.90. The topological polar surface area (TPSA) is 125 Å². The van der Waals surface area contributed by atoms with E-state index in [1.165, 1.54) is 6.07 Å². The summed E-state index contributed by atoms with van der Waals surface area (Å²) in [6.45, 7) is 0.753. The first-order chi connectivity index (χ1) is 10.9. The maximum atomic E-state index is 13.3. The lowest BCUT2D eigenvalue weighted by molar-refractivity contribution is -0.387. The largest absolute Gasteiger partial charge is 0.381 e. The Morgan fingerprint density at radius 1 is 1.52 bits per heavy atom. The number of carbonyl (C=O) groups is 2. The van der Waals surface area contributed by atoms with E-state index in [0.29, 0.717) is 18.6 Å². The molecule has 23 heavy (non-hydrogen) atoms. The summed E-state index contributed by atoms with van der Waals surface area (Å²) in [5.74, 6) is -2.45.